The van der Waals surface area contributed by atoms with Gasteiger partial charge in [-0.15, -0.1) is 13.2 Å². The van der Waals surface area contributed by atoms with Gasteiger partial charge in [-0.1, -0.05) is 12.2 Å². The largest absolute Gasteiger partial charge is 0.461 e. The van der Waals surface area contributed by atoms with E-state index in [0.29, 0.717) is 81.5 Å². The van der Waals surface area contributed by atoms with Gasteiger partial charge < -0.3 is 19.5 Å². The number of anilines is 1. The van der Waals surface area contributed by atoms with Gasteiger partial charge in [0.25, 0.3) is 0 Å². The summed E-state index contributed by atoms with van der Waals surface area (Å²) in [6.07, 6.45) is 15.2. The number of pyridine rings is 1. The van der Waals surface area contributed by atoms with Crippen molar-refractivity contribution in [2.24, 2.45) is 0 Å². The van der Waals surface area contributed by atoms with Crippen LogP contribution >= 0.6 is 0 Å². The van der Waals surface area contributed by atoms with Gasteiger partial charge in [0.1, 0.15) is 29.8 Å². The normalized spacial score (nSPS) is 26.4. The molecular formula is C41H51F2N7O3. The molecule has 0 aliphatic carbocycles. The van der Waals surface area contributed by atoms with Crippen LogP contribution in [0.2, 0.25) is 0 Å². The Hall–Kier alpha value is -4.00. The Bertz CT molecular complexity index is 2010. The number of ether oxygens (including phenoxy) is 2. The van der Waals surface area contributed by atoms with Crippen molar-refractivity contribution in [3.63, 3.8) is 0 Å². The highest BCUT2D eigenvalue weighted by Crippen LogP contribution is 2.43. The molecule has 4 aliphatic rings. The Kier molecular flexibility index (Phi) is 9.97. The number of fused-ring (bicyclic) bond motifs is 3. The van der Waals surface area contributed by atoms with Crippen molar-refractivity contribution in [2.45, 2.75) is 108 Å². The van der Waals surface area contributed by atoms with Crippen molar-refractivity contribution in [2.75, 3.05) is 44.3 Å². The average molecular weight is 728 g/mol. The summed E-state index contributed by atoms with van der Waals surface area (Å²) < 4.78 is 46.6. The summed E-state index contributed by atoms with van der Waals surface area (Å²) in [6.45, 7) is 12.9. The van der Waals surface area contributed by atoms with Gasteiger partial charge in [0, 0.05) is 49.8 Å². The van der Waals surface area contributed by atoms with Crippen LogP contribution in [-0.4, -0.2) is 91.4 Å². The number of piperidine rings is 1. The zero-order valence-corrected chi connectivity index (χ0v) is 30.8. The molecule has 4 saturated heterocycles. The maximum atomic E-state index is 17.5. The number of aromatic nitrogens is 5. The van der Waals surface area contributed by atoms with Crippen molar-refractivity contribution >= 4 is 27.6 Å². The Balaban J connectivity index is 1.26. The lowest BCUT2D eigenvalue weighted by atomic mass is 9.88. The SMILES string of the molecule is C=CCCc1c(C)cc2c(cnn2C2CCCCO2)c1-c1ncc2c(N3CCCC(O)(CCC=C)C3)nc(OC[C@@]34CCCN3C[C@H](F)C4)nc2c1F. The molecule has 2 unspecified atom stereocenters. The summed E-state index contributed by atoms with van der Waals surface area (Å²) in [5, 5.41) is 17.6. The molecule has 4 aliphatic heterocycles. The first-order valence-electron chi connectivity index (χ1n) is 19.4. The Labute approximate surface area is 309 Å². The van der Waals surface area contributed by atoms with Crippen molar-refractivity contribution in [1.82, 2.24) is 29.6 Å². The molecule has 0 spiro atoms. The molecule has 4 atom stereocenters. The topological polar surface area (TPSA) is 102 Å². The highest BCUT2D eigenvalue weighted by Gasteiger charge is 2.49. The second kappa shape index (κ2) is 14.7. The van der Waals surface area contributed by atoms with Crippen molar-refractivity contribution in [3.8, 4) is 17.3 Å². The van der Waals surface area contributed by atoms with E-state index in [1.54, 1.807) is 12.4 Å². The van der Waals surface area contributed by atoms with Crippen LogP contribution in [0.3, 0.4) is 0 Å². The number of nitrogens with zero attached hydrogens (tertiary/aromatic N) is 7. The van der Waals surface area contributed by atoms with Gasteiger partial charge in [-0.25, -0.2) is 13.5 Å². The molecule has 0 radical (unpaired) electrons. The number of rotatable bonds is 12. The molecular weight excluding hydrogens is 676 g/mol. The standard InChI is InChI=1S/C41H51F2N7O3/c1-4-6-12-29-27(3)20-32-30(23-45-50(32)33-13-8-9-19-52-33)34(29)37-35(43)36-31(22-44-37)38(48-17-11-16-41(51,25-48)15-7-5-2)47-39(46-36)53-26-40-14-10-18-49(40)24-28(42)21-40/h4-5,20,22-23,28,33,51H,1-2,6-19,21,24-26H2,3H3/t28-,33?,40+,41?/m1/s1. The maximum Gasteiger partial charge on any atom is 0.319 e. The number of hydrogen-bond acceptors (Lipinski definition) is 9. The molecule has 0 amide bonds. The lowest BCUT2D eigenvalue weighted by Crippen LogP contribution is -2.48. The number of benzene rings is 1. The number of aliphatic hydroxyl groups is 1. The first kappa shape index (κ1) is 36.0. The van der Waals surface area contributed by atoms with Crippen LogP contribution < -0.4 is 9.64 Å². The molecule has 0 bridgehead atoms. The summed E-state index contributed by atoms with van der Waals surface area (Å²) in [4.78, 5) is 18.7. The fourth-order valence-corrected chi connectivity index (χ4v) is 9.36. The summed E-state index contributed by atoms with van der Waals surface area (Å²) in [5.41, 5.74) is 2.44. The predicted octanol–water partition coefficient (Wildman–Crippen LogP) is 7.56. The zero-order chi connectivity index (χ0) is 36.7. The molecule has 8 rings (SSSR count). The summed E-state index contributed by atoms with van der Waals surface area (Å²) in [6, 6.07) is 2.16. The van der Waals surface area contributed by atoms with Crippen LogP contribution in [0.25, 0.3) is 33.1 Å². The van der Waals surface area contributed by atoms with E-state index in [9.17, 15) is 9.50 Å². The van der Waals surface area contributed by atoms with E-state index in [4.69, 9.17) is 29.5 Å². The van der Waals surface area contributed by atoms with Crippen LogP contribution in [0.4, 0.5) is 14.6 Å². The number of alkyl halides is 1. The van der Waals surface area contributed by atoms with E-state index in [-0.39, 0.29) is 30.1 Å². The molecule has 7 heterocycles. The van der Waals surface area contributed by atoms with Crippen LogP contribution in [0.1, 0.15) is 88.0 Å². The highest BCUT2D eigenvalue weighted by molar-refractivity contribution is 6.00. The molecule has 53 heavy (non-hydrogen) atoms. The molecule has 4 aromatic rings. The van der Waals surface area contributed by atoms with Crippen molar-refractivity contribution in [3.05, 3.63) is 60.7 Å². The molecule has 1 N–H and O–H groups in total. The third-order valence-corrected chi connectivity index (χ3v) is 12.0. The number of halogens is 2. The van der Waals surface area contributed by atoms with Crippen LogP contribution in [0, 0.1) is 12.7 Å². The molecule has 0 saturated carbocycles. The second-order valence-electron chi connectivity index (χ2n) is 15.7. The van der Waals surface area contributed by atoms with Gasteiger partial charge in [0.05, 0.1) is 28.2 Å². The van der Waals surface area contributed by atoms with Crippen molar-refractivity contribution in [1.29, 1.82) is 0 Å². The average Bonchev–Trinajstić information content (AvgIpc) is 3.84. The third-order valence-electron chi connectivity index (χ3n) is 12.0. The minimum absolute atomic E-state index is 0.0378. The Morgan fingerprint density at radius 1 is 1.08 bits per heavy atom. The summed E-state index contributed by atoms with van der Waals surface area (Å²) in [5.74, 6) is -0.104. The minimum atomic E-state index is -0.949. The smallest absolute Gasteiger partial charge is 0.319 e. The number of β-amino-alcohol motifs (C(OH)–C–C–N with tert-alkyl or cyclic N) is 1. The Morgan fingerprint density at radius 3 is 2.74 bits per heavy atom. The monoisotopic (exact) mass is 727 g/mol. The predicted molar refractivity (Wildman–Crippen MR) is 202 cm³/mol. The van der Waals surface area contributed by atoms with E-state index in [1.165, 1.54) is 0 Å². The molecule has 1 aromatic carbocycles. The van der Waals surface area contributed by atoms with Gasteiger partial charge in [0.15, 0.2) is 12.0 Å². The van der Waals surface area contributed by atoms with E-state index in [0.717, 1.165) is 67.1 Å². The van der Waals surface area contributed by atoms with E-state index in [1.807, 2.05) is 28.7 Å². The van der Waals surface area contributed by atoms with E-state index < -0.39 is 23.1 Å². The number of allylic oxidation sites excluding steroid dienone is 2. The fourth-order valence-electron chi connectivity index (χ4n) is 9.36. The van der Waals surface area contributed by atoms with Crippen molar-refractivity contribution < 1.29 is 23.4 Å². The first-order chi connectivity index (χ1) is 25.7. The lowest BCUT2D eigenvalue weighted by Gasteiger charge is -2.40. The van der Waals surface area contributed by atoms with Gasteiger partial charge in [-0.2, -0.15) is 15.1 Å². The number of hydrogen-bond donors (Lipinski definition) is 1. The molecule has 4 fully saturated rings. The zero-order valence-electron chi connectivity index (χ0n) is 30.8. The van der Waals surface area contributed by atoms with Gasteiger partial charge in [0.2, 0.25) is 0 Å². The molecule has 12 heteroatoms. The third kappa shape index (κ3) is 6.71. The van der Waals surface area contributed by atoms with E-state index >= 15 is 4.39 Å². The molecule has 10 nitrogen and oxygen atoms in total. The van der Waals surface area contributed by atoms with Gasteiger partial charge in [-0.3, -0.25) is 9.88 Å². The quantitative estimate of drug-likeness (QED) is 0.148. The maximum absolute atomic E-state index is 17.5. The van der Waals surface area contributed by atoms with Gasteiger partial charge >= 0.3 is 6.01 Å². The van der Waals surface area contributed by atoms with Gasteiger partial charge in [-0.05, 0) is 101 Å². The number of aryl methyl sites for hydroxylation is 1. The van der Waals surface area contributed by atoms with Crippen LogP contribution in [-0.2, 0) is 11.2 Å². The summed E-state index contributed by atoms with van der Waals surface area (Å²) in [7, 11) is 0. The second-order valence-corrected chi connectivity index (χ2v) is 15.7. The first-order valence-corrected chi connectivity index (χ1v) is 19.4. The Morgan fingerprint density at radius 2 is 1.92 bits per heavy atom. The minimum Gasteiger partial charge on any atom is -0.461 e. The van der Waals surface area contributed by atoms with Crippen LogP contribution in [0.5, 0.6) is 6.01 Å². The molecule has 3 aromatic heterocycles. The highest BCUT2D eigenvalue weighted by atomic mass is 19.1. The lowest BCUT2D eigenvalue weighted by molar-refractivity contribution is -0.0366. The molecule has 282 valence electrons. The van der Waals surface area contributed by atoms with Crippen LogP contribution in [0.15, 0.2) is 43.8 Å². The fraction of sp³-hybridized carbons (Fsp3) is 0.561. The summed E-state index contributed by atoms with van der Waals surface area (Å²) >= 11 is 0. The van der Waals surface area contributed by atoms with E-state index in [2.05, 4.69) is 24.1 Å².